The summed E-state index contributed by atoms with van der Waals surface area (Å²) in [6.07, 6.45) is 1.38. The number of nitrogens with one attached hydrogen (secondary N) is 2. The van der Waals surface area contributed by atoms with Gasteiger partial charge in [-0.25, -0.2) is 9.97 Å². The van der Waals surface area contributed by atoms with Crippen molar-refractivity contribution in [1.29, 1.82) is 0 Å². The molecule has 0 aliphatic heterocycles. The van der Waals surface area contributed by atoms with Crippen molar-refractivity contribution in [2.45, 2.75) is 33.2 Å². The third-order valence-electron chi connectivity index (χ3n) is 2.84. The summed E-state index contributed by atoms with van der Waals surface area (Å²) in [7, 11) is 0. The number of halogens is 1. The summed E-state index contributed by atoms with van der Waals surface area (Å²) in [5, 5.41) is 6.09. The van der Waals surface area contributed by atoms with Crippen LogP contribution in [-0.2, 0) is 0 Å². The van der Waals surface area contributed by atoms with Crippen LogP contribution in [0.5, 0.6) is 0 Å². The molecule has 0 aliphatic carbocycles. The lowest BCUT2D eigenvalue weighted by molar-refractivity contribution is 0.0914. The lowest BCUT2D eigenvalue weighted by atomic mass is 10.1. The first kappa shape index (κ1) is 16.4. The van der Waals surface area contributed by atoms with Crippen LogP contribution in [0.4, 0.5) is 11.5 Å². The third-order valence-corrected chi connectivity index (χ3v) is 3.33. The molecule has 0 saturated heterocycles. The molecule has 5 nitrogen and oxygen atoms in total. The van der Waals surface area contributed by atoms with Crippen LogP contribution in [0.3, 0.4) is 0 Å². The maximum absolute atomic E-state index is 12.1. The van der Waals surface area contributed by atoms with Gasteiger partial charge in [0.05, 0.1) is 0 Å². The van der Waals surface area contributed by atoms with Crippen molar-refractivity contribution in [1.82, 2.24) is 15.3 Å². The van der Waals surface area contributed by atoms with E-state index >= 15 is 0 Å². The lowest BCUT2D eigenvalue weighted by Gasteiger charge is -2.20. The zero-order valence-corrected chi connectivity index (χ0v) is 14.7. The van der Waals surface area contributed by atoms with Gasteiger partial charge < -0.3 is 10.6 Å². The maximum Gasteiger partial charge on any atom is 0.270 e. The van der Waals surface area contributed by atoms with Crippen LogP contribution in [0.1, 0.15) is 36.8 Å². The molecule has 0 unspecified atom stereocenters. The van der Waals surface area contributed by atoms with Crippen molar-refractivity contribution < 1.29 is 4.79 Å². The molecule has 2 aromatic rings. The van der Waals surface area contributed by atoms with Crippen LogP contribution in [0.2, 0.25) is 0 Å². The lowest BCUT2D eigenvalue weighted by Crippen LogP contribution is -2.40. The zero-order chi connectivity index (χ0) is 16.3. The SMILES string of the molecule is Cc1cc(Br)ccc1Nc1cc(C(=O)NC(C)(C)C)ncn1. The standard InChI is InChI=1S/C16H19BrN4O/c1-10-7-11(17)5-6-12(10)20-14-8-13(18-9-19-14)15(22)21-16(2,3)4/h5-9H,1-4H3,(H,21,22)(H,18,19,20). The van der Waals surface area contributed by atoms with Crippen molar-refractivity contribution in [3.05, 3.63) is 46.3 Å². The maximum atomic E-state index is 12.1. The van der Waals surface area contributed by atoms with Gasteiger partial charge in [-0.1, -0.05) is 15.9 Å². The van der Waals surface area contributed by atoms with Crippen LogP contribution in [0.25, 0.3) is 0 Å². The normalized spacial score (nSPS) is 11.1. The number of carbonyl (C=O) groups is 1. The highest BCUT2D eigenvalue weighted by molar-refractivity contribution is 9.10. The number of nitrogens with zero attached hydrogens (tertiary/aromatic N) is 2. The molecule has 2 rings (SSSR count). The number of benzene rings is 1. The van der Waals surface area contributed by atoms with E-state index in [0.29, 0.717) is 11.5 Å². The molecular formula is C16H19BrN4O. The Balaban J connectivity index is 2.20. The van der Waals surface area contributed by atoms with Crippen LogP contribution >= 0.6 is 15.9 Å². The summed E-state index contributed by atoms with van der Waals surface area (Å²) in [6.45, 7) is 7.78. The van der Waals surface area contributed by atoms with Crippen molar-refractivity contribution in [3.63, 3.8) is 0 Å². The van der Waals surface area contributed by atoms with Gasteiger partial charge in [-0.3, -0.25) is 4.79 Å². The molecule has 1 aromatic heterocycles. The average molecular weight is 363 g/mol. The average Bonchev–Trinajstić information content (AvgIpc) is 2.40. The second-order valence-corrected chi connectivity index (χ2v) is 6.99. The van der Waals surface area contributed by atoms with E-state index in [9.17, 15) is 4.79 Å². The fourth-order valence-electron chi connectivity index (χ4n) is 1.86. The quantitative estimate of drug-likeness (QED) is 0.870. The van der Waals surface area contributed by atoms with Gasteiger partial charge in [0.15, 0.2) is 0 Å². The van der Waals surface area contributed by atoms with Crippen molar-refractivity contribution >= 4 is 33.3 Å². The number of hydrogen-bond donors (Lipinski definition) is 2. The van der Waals surface area contributed by atoms with Crippen LogP contribution in [-0.4, -0.2) is 21.4 Å². The number of amides is 1. The third kappa shape index (κ3) is 4.53. The summed E-state index contributed by atoms with van der Waals surface area (Å²) < 4.78 is 1.02. The molecule has 6 heteroatoms. The Hall–Kier alpha value is -1.95. The van der Waals surface area contributed by atoms with Gasteiger partial charge in [0.25, 0.3) is 5.91 Å². The fraction of sp³-hybridized carbons (Fsp3) is 0.312. The van der Waals surface area contributed by atoms with Crippen molar-refractivity contribution in [2.24, 2.45) is 0 Å². The Kier molecular flexibility index (Phi) is 4.81. The first-order valence-corrected chi connectivity index (χ1v) is 7.72. The second-order valence-electron chi connectivity index (χ2n) is 6.08. The Bertz CT molecular complexity index is 695. The molecular weight excluding hydrogens is 344 g/mol. The smallest absolute Gasteiger partial charge is 0.270 e. The fourth-order valence-corrected chi connectivity index (χ4v) is 2.34. The molecule has 0 aliphatic rings. The molecule has 2 N–H and O–H groups in total. The van der Waals surface area contributed by atoms with Crippen LogP contribution in [0.15, 0.2) is 35.1 Å². The monoisotopic (exact) mass is 362 g/mol. The Morgan fingerprint density at radius 3 is 2.55 bits per heavy atom. The summed E-state index contributed by atoms with van der Waals surface area (Å²) in [4.78, 5) is 20.3. The zero-order valence-electron chi connectivity index (χ0n) is 13.1. The topological polar surface area (TPSA) is 66.9 Å². The first-order chi connectivity index (χ1) is 10.2. The molecule has 0 spiro atoms. The van der Waals surface area contributed by atoms with Gasteiger partial charge in [0, 0.05) is 21.8 Å². The molecule has 0 saturated carbocycles. The Labute approximate surface area is 138 Å². The van der Waals surface area contributed by atoms with Gasteiger partial charge in [-0.15, -0.1) is 0 Å². The summed E-state index contributed by atoms with van der Waals surface area (Å²) in [6, 6.07) is 7.56. The van der Waals surface area contributed by atoms with Gasteiger partial charge >= 0.3 is 0 Å². The molecule has 0 radical (unpaired) electrons. The summed E-state index contributed by atoms with van der Waals surface area (Å²) in [5.41, 5.74) is 2.04. The minimum Gasteiger partial charge on any atom is -0.346 e. The summed E-state index contributed by atoms with van der Waals surface area (Å²) >= 11 is 3.43. The number of aryl methyl sites for hydroxylation is 1. The largest absolute Gasteiger partial charge is 0.346 e. The molecule has 1 amide bonds. The van der Waals surface area contributed by atoms with Gasteiger partial charge in [-0.05, 0) is 51.5 Å². The Morgan fingerprint density at radius 2 is 1.91 bits per heavy atom. The van der Waals surface area contributed by atoms with E-state index in [1.807, 2.05) is 45.9 Å². The van der Waals surface area contributed by atoms with E-state index in [-0.39, 0.29) is 11.4 Å². The molecule has 22 heavy (non-hydrogen) atoms. The number of carbonyl (C=O) groups excluding carboxylic acids is 1. The summed E-state index contributed by atoms with van der Waals surface area (Å²) in [5.74, 6) is 0.366. The van der Waals surface area contributed by atoms with Gasteiger partial charge in [0.2, 0.25) is 0 Å². The molecule has 0 fully saturated rings. The Morgan fingerprint density at radius 1 is 1.18 bits per heavy atom. The predicted octanol–water partition coefficient (Wildman–Crippen LogP) is 3.82. The number of aromatic nitrogens is 2. The minimum atomic E-state index is -0.308. The van der Waals surface area contributed by atoms with E-state index in [2.05, 4.69) is 36.5 Å². The van der Waals surface area contributed by atoms with Gasteiger partial charge in [-0.2, -0.15) is 0 Å². The van der Waals surface area contributed by atoms with E-state index < -0.39 is 0 Å². The molecule has 1 aromatic carbocycles. The minimum absolute atomic E-state index is 0.217. The van der Waals surface area contributed by atoms with Gasteiger partial charge in [0.1, 0.15) is 17.8 Å². The van der Waals surface area contributed by atoms with Crippen molar-refractivity contribution in [2.75, 3.05) is 5.32 Å². The van der Waals surface area contributed by atoms with Crippen LogP contribution < -0.4 is 10.6 Å². The van der Waals surface area contributed by atoms with E-state index in [1.165, 1.54) is 6.33 Å². The molecule has 1 heterocycles. The van der Waals surface area contributed by atoms with E-state index in [0.717, 1.165) is 15.7 Å². The van der Waals surface area contributed by atoms with Crippen LogP contribution in [0, 0.1) is 6.92 Å². The van der Waals surface area contributed by atoms with E-state index in [1.54, 1.807) is 6.07 Å². The molecule has 0 bridgehead atoms. The molecule has 116 valence electrons. The first-order valence-electron chi connectivity index (χ1n) is 6.92. The highest BCUT2D eigenvalue weighted by Crippen LogP contribution is 2.23. The van der Waals surface area contributed by atoms with E-state index in [4.69, 9.17) is 0 Å². The highest BCUT2D eigenvalue weighted by Gasteiger charge is 2.16. The number of hydrogen-bond acceptors (Lipinski definition) is 4. The predicted molar refractivity (Wildman–Crippen MR) is 91.4 cm³/mol. The number of anilines is 2. The molecule has 0 atom stereocenters. The van der Waals surface area contributed by atoms with Crippen molar-refractivity contribution in [3.8, 4) is 0 Å². The highest BCUT2D eigenvalue weighted by atomic mass is 79.9. The second kappa shape index (κ2) is 6.44. The number of rotatable bonds is 3.